The number of nitrogens with one attached hydrogen (secondary N) is 1. The van der Waals surface area contributed by atoms with Crippen LogP contribution in [0, 0.1) is 0 Å². The second-order valence-electron chi connectivity index (χ2n) is 6.12. The smallest absolute Gasteiger partial charge is 0.475 e. The van der Waals surface area contributed by atoms with Crippen molar-refractivity contribution in [2.45, 2.75) is 12.7 Å². The van der Waals surface area contributed by atoms with Gasteiger partial charge in [0.25, 0.3) is 0 Å². The van der Waals surface area contributed by atoms with Gasteiger partial charge in [-0.1, -0.05) is 30.3 Å². The quantitative estimate of drug-likeness (QED) is 0.491. The predicted molar refractivity (Wildman–Crippen MR) is 102 cm³/mol. The lowest BCUT2D eigenvalue weighted by molar-refractivity contribution is -0.192. The third-order valence-electron chi connectivity index (χ3n) is 4.05. The molecule has 0 saturated heterocycles. The molecule has 3 aromatic heterocycles. The monoisotopic (exact) mass is 416 g/mol. The van der Waals surface area contributed by atoms with Gasteiger partial charge in [0.2, 0.25) is 0 Å². The second-order valence-corrected chi connectivity index (χ2v) is 6.12. The summed E-state index contributed by atoms with van der Waals surface area (Å²) in [7, 11) is 0. The van der Waals surface area contributed by atoms with E-state index < -0.39 is 12.1 Å². The van der Waals surface area contributed by atoms with Crippen LogP contribution in [0.4, 0.5) is 13.2 Å². The summed E-state index contributed by atoms with van der Waals surface area (Å²) in [6.07, 6.45) is 2.22. The molecule has 0 bridgehead atoms. The number of benzene rings is 1. The molecule has 0 aliphatic carbocycles. The fourth-order valence-electron chi connectivity index (χ4n) is 2.66. The fourth-order valence-corrected chi connectivity index (χ4v) is 2.66. The van der Waals surface area contributed by atoms with E-state index in [1.807, 2.05) is 54.9 Å². The predicted octanol–water partition coefficient (Wildman–Crippen LogP) is 3.94. The first-order valence-corrected chi connectivity index (χ1v) is 8.59. The molecule has 4 aromatic rings. The molecule has 30 heavy (non-hydrogen) atoms. The molecule has 0 radical (unpaired) electrons. The van der Waals surface area contributed by atoms with Gasteiger partial charge in [-0.05, 0) is 17.7 Å². The zero-order valence-electron chi connectivity index (χ0n) is 15.3. The molecule has 2 N–H and O–H groups in total. The Morgan fingerprint density at radius 2 is 1.80 bits per heavy atom. The number of aromatic amines is 1. The van der Waals surface area contributed by atoms with Crippen molar-refractivity contribution in [3.63, 3.8) is 0 Å². The van der Waals surface area contributed by atoms with E-state index in [0.29, 0.717) is 5.56 Å². The van der Waals surface area contributed by atoms with Gasteiger partial charge in [0.15, 0.2) is 5.78 Å². The van der Waals surface area contributed by atoms with Crippen molar-refractivity contribution in [2.75, 3.05) is 0 Å². The minimum absolute atomic E-state index is 0.0433. The number of pyridine rings is 1. The third kappa shape index (κ3) is 4.90. The largest absolute Gasteiger partial charge is 0.490 e. The SMILES string of the molecule is O=C(Cn1cc(-c2ccnc3[nH]ccc23)cn1)c1ccccc1.O=C(O)C(F)(F)F. The number of Topliss-reactive ketones (excluding diaryl/α,β-unsaturated/α-hetero) is 1. The normalized spacial score (nSPS) is 11.0. The molecular formula is C20H15F3N4O3. The van der Waals surface area contributed by atoms with Crippen molar-refractivity contribution < 1.29 is 27.9 Å². The molecule has 4 rings (SSSR count). The van der Waals surface area contributed by atoms with Gasteiger partial charge < -0.3 is 10.1 Å². The summed E-state index contributed by atoms with van der Waals surface area (Å²) >= 11 is 0. The fraction of sp³-hybridized carbons (Fsp3) is 0.100. The molecule has 0 spiro atoms. The molecule has 10 heteroatoms. The van der Waals surface area contributed by atoms with Crippen molar-refractivity contribution in [3.05, 3.63) is 72.8 Å². The van der Waals surface area contributed by atoms with Crippen molar-refractivity contribution in [2.24, 2.45) is 0 Å². The number of carbonyl (C=O) groups is 2. The number of hydrogen-bond donors (Lipinski definition) is 2. The second kappa shape index (κ2) is 8.60. The van der Waals surface area contributed by atoms with Crippen LogP contribution in [-0.2, 0) is 11.3 Å². The number of alkyl halides is 3. The van der Waals surface area contributed by atoms with Crippen LogP contribution in [0.1, 0.15) is 10.4 Å². The number of carboxylic acid groups (broad SMARTS) is 1. The zero-order valence-corrected chi connectivity index (χ0v) is 15.3. The molecule has 1 aromatic carbocycles. The maximum atomic E-state index is 12.3. The van der Waals surface area contributed by atoms with Crippen LogP contribution in [-0.4, -0.2) is 42.8 Å². The van der Waals surface area contributed by atoms with Crippen LogP contribution in [0.5, 0.6) is 0 Å². The molecule has 3 heterocycles. The molecule has 0 saturated carbocycles. The number of H-pyrrole nitrogens is 1. The van der Waals surface area contributed by atoms with E-state index in [1.54, 1.807) is 17.1 Å². The van der Waals surface area contributed by atoms with E-state index in [9.17, 15) is 18.0 Å². The first-order valence-electron chi connectivity index (χ1n) is 8.59. The maximum Gasteiger partial charge on any atom is 0.490 e. The number of fused-ring (bicyclic) bond motifs is 1. The topological polar surface area (TPSA) is 101 Å². The number of hydrogen-bond acceptors (Lipinski definition) is 4. The van der Waals surface area contributed by atoms with Gasteiger partial charge in [-0.3, -0.25) is 9.48 Å². The number of nitrogens with zero attached hydrogens (tertiary/aromatic N) is 3. The number of carbonyl (C=O) groups excluding carboxylic acids is 1. The standard InChI is InChI=1S/C18H14N4O.C2HF3O2/c23-17(13-4-2-1-3-5-13)12-22-11-14(10-21-22)15-6-8-19-18-16(15)7-9-20-18;3-2(4,5)1(6)7/h1-11H,12H2,(H,19,20);(H,6,7). The summed E-state index contributed by atoms with van der Waals surface area (Å²) < 4.78 is 33.4. The average molecular weight is 416 g/mol. The van der Waals surface area contributed by atoms with E-state index in [0.717, 1.165) is 22.2 Å². The van der Waals surface area contributed by atoms with Crippen molar-refractivity contribution in [3.8, 4) is 11.1 Å². The number of carboxylic acids is 1. The van der Waals surface area contributed by atoms with Gasteiger partial charge in [-0.25, -0.2) is 9.78 Å². The highest BCUT2D eigenvalue weighted by molar-refractivity contribution is 5.96. The van der Waals surface area contributed by atoms with Crippen LogP contribution in [0.15, 0.2) is 67.3 Å². The van der Waals surface area contributed by atoms with Crippen LogP contribution >= 0.6 is 0 Å². The molecule has 0 aliphatic rings. The van der Waals surface area contributed by atoms with Gasteiger partial charge in [0.1, 0.15) is 12.2 Å². The molecule has 0 aliphatic heterocycles. The van der Waals surface area contributed by atoms with Gasteiger partial charge in [0.05, 0.1) is 6.20 Å². The van der Waals surface area contributed by atoms with E-state index in [1.165, 1.54) is 0 Å². The maximum absolute atomic E-state index is 12.3. The van der Waals surface area contributed by atoms with E-state index in [2.05, 4.69) is 15.1 Å². The number of rotatable bonds is 4. The van der Waals surface area contributed by atoms with Crippen LogP contribution in [0.25, 0.3) is 22.2 Å². The van der Waals surface area contributed by atoms with Gasteiger partial charge in [-0.15, -0.1) is 0 Å². The van der Waals surface area contributed by atoms with Gasteiger partial charge in [-0.2, -0.15) is 18.3 Å². The highest BCUT2D eigenvalue weighted by Crippen LogP contribution is 2.26. The van der Waals surface area contributed by atoms with E-state index in [4.69, 9.17) is 9.90 Å². The first-order chi connectivity index (χ1) is 14.3. The van der Waals surface area contributed by atoms with Crippen molar-refractivity contribution in [1.82, 2.24) is 19.7 Å². The summed E-state index contributed by atoms with van der Waals surface area (Å²) in [6.45, 7) is 0.228. The van der Waals surface area contributed by atoms with Gasteiger partial charge >= 0.3 is 12.1 Å². The highest BCUT2D eigenvalue weighted by Gasteiger charge is 2.38. The molecule has 7 nitrogen and oxygen atoms in total. The number of aliphatic carboxylic acids is 1. The third-order valence-corrected chi connectivity index (χ3v) is 4.05. The summed E-state index contributed by atoms with van der Waals surface area (Å²) in [5.41, 5.74) is 3.56. The molecule has 0 amide bonds. The average Bonchev–Trinajstić information content (AvgIpc) is 3.37. The summed E-state index contributed by atoms with van der Waals surface area (Å²) in [4.78, 5) is 28.5. The molecule has 0 fully saturated rings. The molecule has 0 atom stereocenters. The Balaban J connectivity index is 0.000000318. The Morgan fingerprint density at radius 3 is 2.47 bits per heavy atom. The van der Waals surface area contributed by atoms with E-state index in [-0.39, 0.29) is 12.3 Å². The molecular weight excluding hydrogens is 401 g/mol. The van der Waals surface area contributed by atoms with E-state index >= 15 is 0 Å². The zero-order chi connectivity index (χ0) is 21.7. The van der Waals surface area contributed by atoms with Crippen molar-refractivity contribution in [1.29, 1.82) is 0 Å². The Kier molecular flexibility index (Phi) is 5.95. The number of halogens is 3. The first kappa shape index (κ1) is 20.8. The lowest BCUT2D eigenvalue weighted by Crippen LogP contribution is -2.21. The summed E-state index contributed by atoms with van der Waals surface area (Å²) in [5, 5.41) is 12.5. The minimum atomic E-state index is -5.08. The molecule has 154 valence electrons. The Hall–Kier alpha value is -3.95. The minimum Gasteiger partial charge on any atom is -0.475 e. The molecule has 0 unspecified atom stereocenters. The summed E-state index contributed by atoms with van der Waals surface area (Å²) in [5.74, 6) is -2.71. The Labute approximate surface area is 167 Å². The van der Waals surface area contributed by atoms with Crippen LogP contribution in [0.3, 0.4) is 0 Å². The van der Waals surface area contributed by atoms with Crippen LogP contribution in [0.2, 0.25) is 0 Å². The van der Waals surface area contributed by atoms with Gasteiger partial charge in [0, 0.05) is 35.1 Å². The van der Waals surface area contributed by atoms with Crippen molar-refractivity contribution >= 4 is 22.8 Å². The van der Waals surface area contributed by atoms with Crippen LogP contribution < -0.4 is 0 Å². The summed E-state index contributed by atoms with van der Waals surface area (Å²) in [6, 6.07) is 13.2. The lowest BCUT2D eigenvalue weighted by atomic mass is 10.1. The lowest BCUT2D eigenvalue weighted by Gasteiger charge is -2.01. The Bertz CT molecular complexity index is 1170. The number of aromatic nitrogens is 4. The number of ketones is 1. The highest BCUT2D eigenvalue weighted by atomic mass is 19.4. The Morgan fingerprint density at radius 1 is 1.10 bits per heavy atom.